The van der Waals surface area contributed by atoms with E-state index in [0.29, 0.717) is 6.42 Å². The van der Waals surface area contributed by atoms with Crippen LogP contribution in [0.3, 0.4) is 0 Å². The van der Waals surface area contributed by atoms with Gasteiger partial charge < -0.3 is 4.90 Å². The number of para-hydroxylation sites is 1. The summed E-state index contributed by atoms with van der Waals surface area (Å²) in [4.78, 5) is 2.08. The van der Waals surface area contributed by atoms with Crippen molar-refractivity contribution in [1.82, 2.24) is 5.06 Å². The summed E-state index contributed by atoms with van der Waals surface area (Å²) in [6, 6.07) is 9.95. The lowest BCUT2D eigenvalue weighted by Gasteiger charge is -2.40. The normalized spacial score (nSPS) is 22.0. The van der Waals surface area contributed by atoms with Crippen molar-refractivity contribution in [3.05, 3.63) is 30.3 Å². The standard InChI is InChI=1S/C11H15N3O/c1-9-13(8-7-11(12)14(9)15)10-5-3-2-4-6-10/h2-6,9,12,15H,7-8H2,1H3. The minimum atomic E-state index is -0.173. The molecule has 0 amide bonds. The van der Waals surface area contributed by atoms with Crippen LogP contribution in [0, 0.1) is 5.41 Å². The van der Waals surface area contributed by atoms with Gasteiger partial charge in [-0.1, -0.05) is 18.2 Å². The number of nitrogens with zero attached hydrogens (tertiary/aromatic N) is 2. The Balaban J connectivity index is 2.21. The van der Waals surface area contributed by atoms with Crippen molar-refractivity contribution < 1.29 is 5.21 Å². The van der Waals surface area contributed by atoms with Crippen LogP contribution < -0.4 is 4.90 Å². The van der Waals surface area contributed by atoms with Crippen LogP contribution in [0.15, 0.2) is 30.3 Å². The summed E-state index contributed by atoms with van der Waals surface area (Å²) in [6.07, 6.45) is 0.407. The van der Waals surface area contributed by atoms with Crippen LogP contribution in [0.25, 0.3) is 0 Å². The van der Waals surface area contributed by atoms with Crippen molar-refractivity contribution in [1.29, 1.82) is 5.41 Å². The molecule has 0 saturated carbocycles. The van der Waals surface area contributed by atoms with E-state index in [2.05, 4.69) is 4.90 Å². The number of amidine groups is 1. The molecule has 1 atom stereocenters. The fourth-order valence-electron chi connectivity index (χ4n) is 1.85. The van der Waals surface area contributed by atoms with Gasteiger partial charge in [0.05, 0.1) is 0 Å². The van der Waals surface area contributed by atoms with E-state index in [1.807, 2.05) is 37.3 Å². The molecule has 2 rings (SSSR count). The number of anilines is 1. The Kier molecular flexibility index (Phi) is 2.60. The van der Waals surface area contributed by atoms with E-state index >= 15 is 0 Å². The zero-order valence-electron chi connectivity index (χ0n) is 8.72. The van der Waals surface area contributed by atoms with Crippen LogP contribution in [-0.4, -0.2) is 28.8 Å². The maximum Gasteiger partial charge on any atom is 0.126 e. The summed E-state index contributed by atoms with van der Waals surface area (Å²) in [5, 5.41) is 18.2. The van der Waals surface area contributed by atoms with E-state index < -0.39 is 0 Å². The highest BCUT2D eigenvalue weighted by Gasteiger charge is 2.27. The Bertz CT molecular complexity index is 352. The molecule has 1 aromatic rings. The lowest BCUT2D eigenvalue weighted by Crippen LogP contribution is -2.53. The molecule has 0 radical (unpaired) electrons. The molecule has 80 valence electrons. The Morgan fingerprint density at radius 3 is 2.67 bits per heavy atom. The van der Waals surface area contributed by atoms with E-state index in [-0.39, 0.29) is 12.0 Å². The molecule has 0 bridgehead atoms. The Morgan fingerprint density at radius 1 is 1.33 bits per heavy atom. The van der Waals surface area contributed by atoms with Crippen LogP contribution in [-0.2, 0) is 0 Å². The van der Waals surface area contributed by atoms with Crippen LogP contribution in [0.4, 0.5) is 5.69 Å². The molecule has 4 heteroatoms. The van der Waals surface area contributed by atoms with Crippen molar-refractivity contribution in [2.75, 3.05) is 11.4 Å². The number of nitrogens with one attached hydrogen (secondary N) is 1. The summed E-state index contributed by atoms with van der Waals surface area (Å²) in [5.74, 6) is 0.287. The van der Waals surface area contributed by atoms with Crippen LogP contribution in [0.2, 0.25) is 0 Å². The van der Waals surface area contributed by atoms with Crippen LogP contribution in [0.5, 0.6) is 0 Å². The summed E-state index contributed by atoms with van der Waals surface area (Å²) in [6.45, 7) is 2.67. The van der Waals surface area contributed by atoms with E-state index in [1.165, 1.54) is 0 Å². The maximum absolute atomic E-state index is 9.65. The van der Waals surface area contributed by atoms with Gasteiger partial charge >= 0.3 is 0 Å². The SMILES string of the molecule is CC1N(O)C(=N)CCN1c1ccccc1. The quantitative estimate of drug-likeness (QED) is 0.736. The molecule has 1 aromatic carbocycles. The molecule has 1 fully saturated rings. The number of hydroxylamine groups is 2. The number of hydrogen-bond acceptors (Lipinski definition) is 3. The zero-order valence-corrected chi connectivity index (χ0v) is 8.72. The van der Waals surface area contributed by atoms with Crippen molar-refractivity contribution in [3.63, 3.8) is 0 Å². The van der Waals surface area contributed by atoms with Gasteiger partial charge in [-0.15, -0.1) is 0 Å². The molecule has 1 heterocycles. The fraction of sp³-hybridized carbons (Fsp3) is 0.364. The Hall–Kier alpha value is -1.55. The first-order chi connectivity index (χ1) is 7.20. The van der Waals surface area contributed by atoms with E-state index in [1.54, 1.807) is 0 Å². The summed E-state index contributed by atoms with van der Waals surface area (Å²) in [5.41, 5.74) is 1.08. The highest BCUT2D eigenvalue weighted by atomic mass is 16.5. The molecular formula is C11H15N3O. The molecule has 2 N–H and O–H groups in total. The predicted molar refractivity (Wildman–Crippen MR) is 59.2 cm³/mol. The average molecular weight is 205 g/mol. The van der Waals surface area contributed by atoms with Gasteiger partial charge in [-0.3, -0.25) is 10.6 Å². The molecular weight excluding hydrogens is 190 g/mol. The van der Waals surface area contributed by atoms with Gasteiger partial charge in [0.15, 0.2) is 0 Å². The monoisotopic (exact) mass is 205 g/mol. The second-order valence-electron chi connectivity index (χ2n) is 3.70. The summed E-state index contributed by atoms with van der Waals surface area (Å²) >= 11 is 0. The molecule has 1 aliphatic rings. The zero-order chi connectivity index (χ0) is 10.8. The van der Waals surface area contributed by atoms with Gasteiger partial charge in [0, 0.05) is 18.7 Å². The third-order valence-electron chi connectivity index (χ3n) is 2.76. The van der Waals surface area contributed by atoms with Gasteiger partial charge in [0.1, 0.15) is 12.0 Å². The molecule has 0 spiro atoms. The molecule has 4 nitrogen and oxygen atoms in total. The predicted octanol–water partition coefficient (Wildman–Crippen LogP) is 1.91. The minimum Gasteiger partial charge on any atom is -0.349 e. The van der Waals surface area contributed by atoms with Crippen LogP contribution >= 0.6 is 0 Å². The second-order valence-corrected chi connectivity index (χ2v) is 3.70. The van der Waals surface area contributed by atoms with Crippen LogP contribution in [0.1, 0.15) is 13.3 Å². The molecule has 1 saturated heterocycles. The molecule has 0 aliphatic carbocycles. The number of hydrogen-bond donors (Lipinski definition) is 2. The smallest absolute Gasteiger partial charge is 0.126 e. The van der Waals surface area contributed by atoms with E-state index in [9.17, 15) is 5.21 Å². The first-order valence-corrected chi connectivity index (χ1v) is 5.07. The topological polar surface area (TPSA) is 50.6 Å². The molecule has 1 unspecified atom stereocenters. The lowest BCUT2D eigenvalue weighted by atomic mass is 10.2. The van der Waals surface area contributed by atoms with Crippen molar-refractivity contribution >= 4 is 11.5 Å². The number of rotatable bonds is 1. The Labute approximate surface area is 89.2 Å². The highest BCUT2D eigenvalue weighted by molar-refractivity contribution is 5.80. The minimum absolute atomic E-state index is 0.173. The third kappa shape index (κ3) is 1.80. The number of benzene rings is 1. The molecule has 1 aliphatic heterocycles. The van der Waals surface area contributed by atoms with Crippen molar-refractivity contribution in [2.24, 2.45) is 0 Å². The van der Waals surface area contributed by atoms with Gasteiger partial charge in [-0.25, -0.2) is 5.06 Å². The third-order valence-corrected chi connectivity index (χ3v) is 2.76. The van der Waals surface area contributed by atoms with Gasteiger partial charge in [-0.2, -0.15) is 0 Å². The highest BCUT2D eigenvalue weighted by Crippen LogP contribution is 2.21. The van der Waals surface area contributed by atoms with Crippen molar-refractivity contribution in [3.8, 4) is 0 Å². The first-order valence-electron chi connectivity index (χ1n) is 5.07. The fourth-order valence-corrected chi connectivity index (χ4v) is 1.85. The lowest BCUT2D eigenvalue weighted by molar-refractivity contribution is -0.0577. The molecule has 15 heavy (non-hydrogen) atoms. The van der Waals surface area contributed by atoms with Gasteiger partial charge in [0.25, 0.3) is 0 Å². The summed E-state index contributed by atoms with van der Waals surface area (Å²) in [7, 11) is 0. The Morgan fingerprint density at radius 2 is 2.00 bits per heavy atom. The van der Waals surface area contributed by atoms with Gasteiger partial charge in [-0.05, 0) is 19.1 Å². The van der Waals surface area contributed by atoms with E-state index in [4.69, 9.17) is 5.41 Å². The second kappa shape index (κ2) is 3.90. The molecule has 0 aromatic heterocycles. The summed E-state index contributed by atoms with van der Waals surface area (Å²) < 4.78 is 0. The largest absolute Gasteiger partial charge is 0.349 e. The van der Waals surface area contributed by atoms with Crippen molar-refractivity contribution in [2.45, 2.75) is 19.5 Å². The van der Waals surface area contributed by atoms with Gasteiger partial charge in [0.2, 0.25) is 0 Å². The maximum atomic E-state index is 9.65. The first kappa shape index (κ1) is 9.98. The van der Waals surface area contributed by atoms with E-state index in [0.717, 1.165) is 17.3 Å². The average Bonchev–Trinajstić information content (AvgIpc) is 2.27.